The average molecular weight is 248 g/mol. The zero-order valence-corrected chi connectivity index (χ0v) is 12.3. The van der Waals surface area contributed by atoms with Crippen molar-refractivity contribution in [3.63, 3.8) is 0 Å². The average Bonchev–Trinajstić information content (AvgIpc) is 2.13. The Morgan fingerprint density at radius 2 is 1.78 bits per heavy atom. The summed E-state index contributed by atoms with van der Waals surface area (Å²) >= 11 is 0. The van der Waals surface area contributed by atoms with Gasteiger partial charge in [0.1, 0.15) is 17.1 Å². The van der Waals surface area contributed by atoms with Gasteiger partial charge in [0.25, 0.3) is 0 Å². The zero-order chi connectivity index (χ0) is 14.0. The van der Waals surface area contributed by atoms with Crippen LogP contribution < -0.4 is 4.74 Å². The van der Waals surface area contributed by atoms with Crippen LogP contribution in [0.5, 0.6) is 5.75 Å². The highest BCUT2D eigenvalue weighted by atomic mass is 16.5. The summed E-state index contributed by atoms with van der Waals surface area (Å²) in [7, 11) is 0. The molecule has 2 nitrogen and oxygen atoms in total. The van der Waals surface area contributed by atoms with Gasteiger partial charge in [0.2, 0.25) is 0 Å². The summed E-state index contributed by atoms with van der Waals surface area (Å²) in [6, 6.07) is 8.10. The molecular formula is C16H24O2. The predicted octanol–water partition coefficient (Wildman–Crippen LogP) is 4.12. The van der Waals surface area contributed by atoms with Crippen LogP contribution in [0.15, 0.2) is 24.3 Å². The molecular weight excluding hydrogens is 224 g/mol. The highest BCUT2D eigenvalue weighted by molar-refractivity contribution is 5.76. The first kappa shape index (κ1) is 14.7. The summed E-state index contributed by atoms with van der Waals surface area (Å²) in [5.41, 5.74) is 0.880. The normalized spacial score (nSPS) is 12.3. The molecule has 0 aliphatic heterocycles. The van der Waals surface area contributed by atoms with Gasteiger partial charge in [-0.05, 0) is 43.9 Å². The maximum Gasteiger partial charge on any atom is 0.133 e. The molecule has 0 aliphatic rings. The molecule has 18 heavy (non-hydrogen) atoms. The van der Waals surface area contributed by atoms with E-state index in [1.807, 2.05) is 26.0 Å². The summed E-state index contributed by atoms with van der Waals surface area (Å²) in [5, 5.41) is 0. The van der Waals surface area contributed by atoms with Crippen molar-refractivity contribution in [2.45, 2.75) is 59.0 Å². The van der Waals surface area contributed by atoms with E-state index in [9.17, 15) is 4.79 Å². The van der Waals surface area contributed by atoms with Gasteiger partial charge in [0.15, 0.2) is 0 Å². The molecule has 1 rings (SSSR count). The molecule has 0 aliphatic carbocycles. The highest BCUT2D eigenvalue weighted by Crippen LogP contribution is 2.28. The smallest absolute Gasteiger partial charge is 0.133 e. The van der Waals surface area contributed by atoms with E-state index in [0.717, 1.165) is 5.75 Å². The van der Waals surface area contributed by atoms with Gasteiger partial charge in [-0.3, -0.25) is 4.79 Å². The third-order valence-corrected chi connectivity index (χ3v) is 2.77. The molecule has 0 saturated carbocycles. The van der Waals surface area contributed by atoms with E-state index in [1.54, 1.807) is 6.92 Å². The lowest BCUT2D eigenvalue weighted by molar-refractivity contribution is -0.120. The minimum atomic E-state index is -0.456. The van der Waals surface area contributed by atoms with Crippen molar-refractivity contribution in [2.75, 3.05) is 0 Å². The highest BCUT2D eigenvalue weighted by Gasteiger charge is 2.23. The van der Waals surface area contributed by atoms with E-state index in [1.165, 1.54) is 5.56 Å². The van der Waals surface area contributed by atoms with Gasteiger partial charge in [-0.1, -0.05) is 32.9 Å². The minimum absolute atomic E-state index is 0.101. The van der Waals surface area contributed by atoms with E-state index in [2.05, 4.69) is 32.9 Å². The SMILES string of the molecule is CC(=O)CC(C)(C)Oc1cccc(C(C)(C)C)c1. The number of ketones is 1. The maximum absolute atomic E-state index is 11.2. The molecule has 0 radical (unpaired) electrons. The molecule has 0 fully saturated rings. The Bertz CT molecular complexity index is 425. The van der Waals surface area contributed by atoms with Crippen LogP contribution in [-0.4, -0.2) is 11.4 Å². The fourth-order valence-electron chi connectivity index (χ4n) is 1.98. The summed E-state index contributed by atoms with van der Waals surface area (Å²) in [6.45, 7) is 12.0. The van der Waals surface area contributed by atoms with Crippen LogP contribution in [0, 0.1) is 0 Å². The largest absolute Gasteiger partial charge is 0.487 e. The first-order chi connectivity index (χ1) is 8.10. The van der Waals surface area contributed by atoms with E-state index >= 15 is 0 Å². The van der Waals surface area contributed by atoms with Gasteiger partial charge in [0.05, 0.1) is 0 Å². The van der Waals surface area contributed by atoms with Crippen LogP contribution >= 0.6 is 0 Å². The first-order valence-electron chi connectivity index (χ1n) is 6.39. The van der Waals surface area contributed by atoms with Crippen molar-refractivity contribution in [1.29, 1.82) is 0 Å². The number of benzene rings is 1. The van der Waals surface area contributed by atoms with Crippen molar-refractivity contribution in [3.8, 4) is 5.75 Å². The van der Waals surface area contributed by atoms with Gasteiger partial charge >= 0.3 is 0 Å². The number of rotatable bonds is 4. The predicted molar refractivity (Wildman–Crippen MR) is 75.1 cm³/mol. The van der Waals surface area contributed by atoms with Crippen molar-refractivity contribution in [2.24, 2.45) is 0 Å². The van der Waals surface area contributed by atoms with Gasteiger partial charge in [-0.25, -0.2) is 0 Å². The monoisotopic (exact) mass is 248 g/mol. The molecule has 2 heteroatoms. The first-order valence-corrected chi connectivity index (χ1v) is 6.39. The van der Waals surface area contributed by atoms with Crippen molar-refractivity contribution in [1.82, 2.24) is 0 Å². The van der Waals surface area contributed by atoms with Crippen LogP contribution in [-0.2, 0) is 10.2 Å². The number of hydrogen-bond acceptors (Lipinski definition) is 2. The van der Waals surface area contributed by atoms with Gasteiger partial charge in [-0.15, -0.1) is 0 Å². The molecule has 0 saturated heterocycles. The molecule has 100 valence electrons. The van der Waals surface area contributed by atoms with E-state index in [0.29, 0.717) is 6.42 Å². The van der Waals surface area contributed by atoms with Gasteiger partial charge in [0, 0.05) is 6.42 Å². The molecule has 1 aromatic carbocycles. The Labute approximate surface area is 110 Å². The van der Waals surface area contributed by atoms with Crippen LogP contribution in [0.4, 0.5) is 0 Å². The Morgan fingerprint density at radius 1 is 1.17 bits per heavy atom. The number of ether oxygens (including phenoxy) is 1. The Morgan fingerprint density at radius 3 is 2.28 bits per heavy atom. The maximum atomic E-state index is 11.2. The quantitative estimate of drug-likeness (QED) is 0.801. The molecule has 0 spiro atoms. The third kappa shape index (κ3) is 4.52. The molecule has 0 N–H and O–H groups in total. The van der Waals surface area contributed by atoms with Crippen molar-refractivity contribution in [3.05, 3.63) is 29.8 Å². The number of carbonyl (C=O) groups is 1. The lowest BCUT2D eigenvalue weighted by Gasteiger charge is -2.27. The van der Waals surface area contributed by atoms with Crippen molar-refractivity contribution < 1.29 is 9.53 Å². The fourth-order valence-corrected chi connectivity index (χ4v) is 1.98. The lowest BCUT2D eigenvalue weighted by atomic mass is 9.87. The van der Waals surface area contributed by atoms with Crippen LogP contribution in [0.2, 0.25) is 0 Å². The topological polar surface area (TPSA) is 26.3 Å². The fraction of sp³-hybridized carbons (Fsp3) is 0.562. The molecule has 0 heterocycles. The second-order valence-corrected chi connectivity index (χ2v) is 6.52. The second-order valence-electron chi connectivity index (χ2n) is 6.52. The van der Waals surface area contributed by atoms with E-state index < -0.39 is 5.60 Å². The van der Waals surface area contributed by atoms with E-state index in [-0.39, 0.29) is 11.2 Å². The van der Waals surface area contributed by atoms with Crippen molar-refractivity contribution >= 4 is 5.78 Å². The van der Waals surface area contributed by atoms with Gasteiger partial charge in [-0.2, -0.15) is 0 Å². The third-order valence-electron chi connectivity index (χ3n) is 2.77. The molecule has 0 amide bonds. The molecule has 0 aromatic heterocycles. The Hall–Kier alpha value is -1.31. The molecule has 0 unspecified atom stereocenters. The van der Waals surface area contributed by atoms with Gasteiger partial charge < -0.3 is 4.74 Å². The Kier molecular flexibility index (Phi) is 4.20. The van der Waals surface area contributed by atoms with Crippen LogP contribution in [0.25, 0.3) is 0 Å². The standard InChI is InChI=1S/C16H24O2/c1-12(17)11-16(5,6)18-14-9-7-8-13(10-14)15(2,3)4/h7-10H,11H2,1-6H3. The molecule has 1 aromatic rings. The summed E-state index contributed by atoms with van der Waals surface area (Å²) in [5.74, 6) is 0.973. The second kappa shape index (κ2) is 5.13. The minimum Gasteiger partial charge on any atom is -0.487 e. The van der Waals surface area contributed by atoms with Crippen LogP contribution in [0.3, 0.4) is 0 Å². The number of carbonyl (C=O) groups excluding carboxylic acids is 1. The number of Topliss-reactive ketones (excluding diaryl/α,β-unsaturated/α-hetero) is 1. The summed E-state index contributed by atoms with van der Waals surface area (Å²) < 4.78 is 5.93. The zero-order valence-electron chi connectivity index (χ0n) is 12.3. The Balaban J connectivity index is 2.89. The number of hydrogen-bond donors (Lipinski definition) is 0. The lowest BCUT2D eigenvalue weighted by Crippen LogP contribution is -2.30. The van der Waals surface area contributed by atoms with E-state index in [4.69, 9.17) is 4.74 Å². The molecule has 0 bridgehead atoms. The summed E-state index contributed by atoms with van der Waals surface area (Å²) in [4.78, 5) is 11.2. The molecule has 0 atom stereocenters. The van der Waals surface area contributed by atoms with Crippen LogP contribution in [0.1, 0.15) is 53.5 Å². The summed E-state index contributed by atoms with van der Waals surface area (Å²) in [6.07, 6.45) is 0.423.